The zero-order valence-corrected chi connectivity index (χ0v) is 50.5. The van der Waals surface area contributed by atoms with E-state index in [1.807, 2.05) is 0 Å². The van der Waals surface area contributed by atoms with E-state index in [9.17, 15) is 85.3 Å². The van der Waals surface area contributed by atoms with E-state index in [0.29, 0.717) is 25.7 Å². The quantitative estimate of drug-likeness (QED) is 0.0248. The van der Waals surface area contributed by atoms with Crippen LogP contribution in [0.15, 0.2) is 177 Å². The summed E-state index contributed by atoms with van der Waals surface area (Å²) in [5, 5.41) is 87.7. The largest absolute Gasteiger partial charge is 0.867 e. The van der Waals surface area contributed by atoms with Gasteiger partial charge in [-0.25, -0.2) is 0 Å². The molecule has 10 aromatic rings. The van der Waals surface area contributed by atoms with Crippen LogP contribution in [0.1, 0.15) is 72.1 Å². The van der Waals surface area contributed by atoms with Crippen molar-refractivity contribution in [3.63, 3.8) is 0 Å². The standard InChI is InChI=1S/C62H42N8O18S4/c63-67-47-29-25-37-41(59(47)73)11-7-17-55(37)89(77,78)85-35-21-23-45(53(33-35)87-91(81,82)57-19-9-13-43-39(57)27-31-49(69-65)61(43)75)51(71)15-5-3-1-2-4-6-16-52(72)46-24-22-36(86-90(79,80)56-18-8-12-42-38(56)26-30-48(68-64)60(42)74)34-54(46)88-92(83,84)58-20-10-14-44-40(58)28-32-50(70-66)62(44)76/h7-14,17-34H,1-6,15-16H2. The number of nitrogens with zero attached hydrogens (tertiary/aromatic N) is 8. The number of carbonyl (C=O) groups excluding carboxylic acids is 2. The number of hydrogen-bond acceptors (Lipinski definition) is 22. The van der Waals surface area contributed by atoms with E-state index in [0.717, 1.165) is 84.9 Å². The number of hydrogen-bond donors (Lipinski definition) is 0. The molecule has 0 fully saturated rings. The van der Waals surface area contributed by atoms with Crippen LogP contribution in [0.4, 0.5) is 22.7 Å². The molecule has 0 N–H and O–H groups in total. The summed E-state index contributed by atoms with van der Waals surface area (Å²) in [5.74, 6) is -6.90. The molecule has 10 aromatic carbocycles. The molecule has 92 heavy (non-hydrogen) atoms. The number of fused-ring (bicyclic) bond motifs is 4. The fourth-order valence-electron chi connectivity index (χ4n) is 10.3. The summed E-state index contributed by atoms with van der Waals surface area (Å²) in [6.07, 6.45) is 1.89. The van der Waals surface area contributed by atoms with Gasteiger partial charge in [0, 0.05) is 70.8 Å². The summed E-state index contributed by atoms with van der Waals surface area (Å²) in [6.45, 7) is 0. The number of carbonyl (C=O) groups is 2. The lowest BCUT2D eigenvalue weighted by Gasteiger charge is -2.16. The third-order valence-electron chi connectivity index (χ3n) is 14.7. The van der Waals surface area contributed by atoms with E-state index in [1.54, 1.807) is 0 Å². The average molecular weight is 1320 g/mol. The fraction of sp³-hybridized carbons (Fsp3) is 0.129. The molecule has 10 rings (SSSR count). The Morgan fingerprint density at radius 2 is 0.587 bits per heavy atom. The van der Waals surface area contributed by atoms with E-state index >= 15 is 0 Å². The van der Waals surface area contributed by atoms with Gasteiger partial charge in [0.1, 0.15) is 31.1 Å². The average Bonchev–Trinajstić information content (AvgIpc) is 0.859. The maximum atomic E-state index is 14.1. The Morgan fingerprint density at radius 3 is 0.859 bits per heavy atom. The summed E-state index contributed by atoms with van der Waals surface area (Å²) in [7, 11) is -19.6. The molecule has 0 aliphatic carbocycles. The van der Waals surface area contributed by atoms with E-state index in [-0.39, 0.29) is 103 Å². The van der Waals surface area contributed by atoms with Crippen LogP contribution in [0.3, 0.4) is 0 Å². The SMILES string of the molecule is N#[N+]c1ccc2c(S(=O)(=O)Oc3ccc(C(=O)CCCCCCCCC(=O)c4ccc(OS(=O)(=O)c5cccc6c([O-])c([N+]#N)ccc56)cc4OS(=O)(=O)c4cccc5c([O-])c([N+]#N)ccc45)c(OS(=O)(=O)c4cccc5c([O-])c([N+]#N)ccc45)c3)cccc2c1[O-]. The lowest BCUT2D eigenvalue weighted by Crippen LogP contribution is -2.14. The normalized spacial score (nSPS) is 11.7. The summed E-state index contributed by atoms with van der Waals surface area (Å²) < 4.78 is 134. The zero-order chi connectivity index (χ0) is 65.9. The second-order valence-corrected chi connectivity index (χ2v) is 26.5. The third kappa shape index (κ3) is 12.6. The molecular weight excluding hydrogens is 1270 g/mol. The van der Waals surface area contributed by atoms with Crippen LogP contribution in [0, 0.1) is 21.6 Å². The van der Waals surface area contributed by atoms with E-state index in [4.69, 9.17) is 16.7 Å². The molecule has 0 saturated heterocycles. The smallest absolute Gasteiger partial charge is 0.378 e. The Hall–Kier alpha value is -11.5. The van der Waals surface area contributed by atoms with E-state index in [1.165, 1.54) is 72.8 Å². The van der Waals surface area contributed by atoms with Gasteiger partial charge in [-0.2, -0.15) is 33.7 Å². The number of unbranched alkanes of at least 4 members (excludes halogenated alkanes) is 5. The molecule has 0 heterocycles. The van der Waals surface area contributed by atoms with E-state index < -0.39 is 118 Å². The summed E-state index contributed by atoms with van der Waals surface area (Å²) in [4.78, 5) is 37.6. The molecule has 0 unspecified atom stereocenters. The Morgan fingerprint density at radius 1 is 0.326 bits per heavy atom. The number of rotatable bonds is 23. The summed E-state index contributed by atoms with van der Waals surface area (Å²) >= 11 is 0. The number of benzene rings is 10. The van der Waals surface area contributed by atoms with Crippen LogP contribution in [0.2, 0.25) is 0 Å². The molecule has 462 valence electrons. The Kier molecular flexibility index (Phi) is 17.6. The van der Waals surface area contributed by atoms with Crippen molar-refractivity contribution >= 4 is 118 Å². The van der Waals surface area contributed by atoms with Crippen molar-refractivity contribution in [1.29, 1.82) is 21.6 Å². The van der Waals surface area contributed by atoms with Gasteiger partial charge in [-0.1, -0.05) is 74.2 Å². The first-order chi connectivity index (χ1) is 43.9. The first kappa shape index (κ1) is 63.5. The lowest BCUT2D eigenvalue weighted by molar-refractivity contribution is -0.265. The van der Waals surface area contributed by atoms with Crippen LogP contribution in [-0.4, -0.2) is 45.2 Å². The number of diazo groups is 4. The van der Waals surface area contributed by atoms with Gasteiger partial charge in [0.25, 0.3) is 0 Å². The van der Waals surface area contributed by atoms with Crippen molar-refractivity contribution in [3.05, 3.63) is 189 Å². The molecular formula is C62H42N8O18S4. The second kappa shape index (κ2) is 25.5. The molecule has 0 saturated carbocycles. The van der Waals surface area contributed by atoms with Crippen LogP contribution in [-0.2, 0) is 40.5 Å². The molecule has 0 aromatic heterocycles. The minimum Gasteiger partial charge on any atom is -0.867 e. The topological polar surface area (TPSA) is 412 Å². The molecule has 0 amide bonds. The second-order valence-electron chi connectivity index (χ2n) is 20.4. The van der Waals surface area contributed by atoms with Crippen molar-refractivity contribution in [2.75, 3.05) is 0 Å². The van der Waals surface area contributed by atoms with Gasteiger partial charge in [0.2, 0.25) is 21.6 Å². The van der Waals surface area contributed by atoms with Crippen molar-refractivity contribution in [1.82, 2.24) is 0 Å². The van der Waals surface area contributed by atoms with Crippen molar-refractivity contribution in [2.24, 2.45) is 0 Å². The Labute approximate surface area is 522 Å². The molecule has 0 atom stereocenters. The predicted molar refractivity (Wildman–Crippen MR) is 322 cm³/mol. The monoisotopic (exact) mass is 1310 g/mol. The summed E-state index contributed by atoms with van der Waals surface area (Å²) in [5.41, 5.74) is -2.13. The number of ketones is 2. The minimum atomic E-state index is -4.98. The first-order valence-electron chi connectivity index (χ1n) is 27.4. The molecule has 0 bridgehead atoms. The van der Waals surface area contributed by atoms with Crippen molar-refractivity contribution in [3.8, 4) is 46.0 Å². The minimum absolute atomic E-state index is 0.102. The highest BCUT2D eigenvalue weighted by molar-refractivity contribution is 7.88. The van der Waals surface area contributed by atoms with Gasteiger partial charge >= 0.3 is 63.2 Å². The molecule has 0 aliphatic rings. The van der Waals surface area contributed by atoms with Crippen LogP contribution >= 0.6 is 0 Å². The van der Waals surface area contributed by atoms with Crippen LogP contribution < -0.4 is 37.2 Å². The Bertz CT molecular complexity index is 5100. The third-order valence-corrected chi connectivity index (χ3v) is 19.9. The highest BCUT2D eigenvalue weighted by Crippen LogP contribution is 2.42. The maximum Gasteiger partial charge on any atom is 0.378 e. The van der Waals surface area contributed by atoms with Gasteiger partial charge in [-0.15, -0.1) is 0 Å². The lowest BCUT2D eigenvalue weighted by atomic mass is 10.0. The molecule has 30 heteroatoms. The highest BCUT2D eigenvalue weighted by Gasteiger charge is 2.30. The van der Waals surface area contributed by atoms with E-state index in [2.05, 4.69) is 19.9 Å². The molecule has 26 nitrogen and oxygen atoms in total. The zero-order valence-electron chi connectivity index (χ0n) is 47.2. The van der Waals surface area contributed by atoms with Crippen molar-refractivity contribution in [2.45, 2.75) is 70.9 Å². The first-order valence-corrected chi connectivity index (χ1v) is 33.0. The van der Waals surface area contributed by atoms with Gasteiger partial charge in [0.05, 0.1) is 11.1 Å². The van der Waals surface area contributed by atoms with Crippen molar-refractivity contribution < 1.29 is 80.4 Å². The van der Waals surface area contributed by atoms with Gasteiger partial charge < -0.3 is 37.2 Å². The molecule has 0 radical (unpaired) electrons. The predicted octanol–water partition coefficient (Wildman–Crippen LogP) is 11.8. The summed E-state index contributed by atoms with van der Waals surface area (Å²) in [6, 6.07) is 29.9. The molecule has 0 spiro atoms. The van der Waals surface area contributed by atoms with Gasteiger partial charge in [-0.05, 0) is 130 Å². The maximum absolute atomic E-state index is 14.1. The highest BCUT2D eigenvalue weighted by atomic mass is 32.2. The van der Waals surface area contributed by atoms with Gasteiger partial charge in [0.15, 0.2) is 43.0 Å². The fourth-order valence-corrected chi connectivity index (χ4v) is 14.9. The van der Waals surface area contributed by atoms with Gasteiger partial charge in [-0.3, -0.25) is 9.59 Å². The molecule has 0 aliphatic heterocycles. The number of Topliss-reactive ketones (excluding diaryl/α,β-unsaturated/α-hetero) is 2. The van der Waals surface area contributed by atoms with Crippen LogP contribution in [0.5, 0.6) is 46.0 Å². The Balaban J connectivity index is 0.837. The van der Waals surface area contributed by atoms with Crippen LogP contribution in [0.25, 0.3) is 63.0 Å².